The molecule has 1 heterocycles. The van der Waals surface area contributed by atoms with Crippen molar-refractivity contribution >= 4 is 15.9 Å². The number of benzene rings is 1. The lowest BCUT2D eigenvalue weighted by Gasteiger charge is -2.36. The molecule has 0 aliphatic carbocycles. The largest absolute Gasteiger partial charge is 0.366 e. The quantitative estimate of drug-likeness (QED) is 0.888. The van der Waals surface area contributed by atoms with Crippen molar-refractivity contribution in [3.8, 4) is 0 Å². The van der Waals surface area contributed by atoms with Gasteiger partial charge in [-0.1, -0.05) is 6.07 Å². The van der Waals surface area contributed by atoms with Gasteiger partial charge in [0.2, 0.25) is 15.9 Å². The van der Waals surface area contributed by atoms with Gasteiger partial charge in [0, 0.05) is 37.8 Å². The number of sulfonamides is 1. The molecule has 0 saturated carbocycles. The van der Waals surface area contributed by atoms with Gasteiger partial charge in [0.25, 0.3) is 0 Å². The number of carbonyl (C=O) groups excluding carboxylic acids is 1. The summed E-state index contributed by atoms with van der Waals surface area (Å²) in [4.78, 5) is 13.8. The minimum atomic E-state index is -3.59. The monoisotopic (exact) mass is 325 g/mol. The van der Waals surface area contributed by atoms with Crippen LogP contribution in [-0.2, 0) is 10.0 Å². The van der Waals surface area contributed by atoms with E-state index in [1.54, 1.807) is 13.0 Å². The van der Waals surface area contributed by atoms with Crippen LogP contribution in [0.2, 0.25) is 0 Å². The number of rotatable bonds is 4. The van der Waals surface area contributed by atoms with E-state index in [4.69, 9.17) is 5.73 Å². The van der Waals surface area contributed by atoms with Crippen LogP contribution in [0.1, 0.15) is 29.8 Å². The average molecular weight is 325 g/mol. The standard InChI is InChI=1S/C15H23N3O3S/c1-11(2)17-6-8-18(9-7-17)22(20,21)13-5-4-12(3)14(10-13)15(16)19/h4-5,10-11H,6-9H2,1-3H3,(H2,16,19). The highest BCUT2D eigenvalue weighted by Crippen LogP contribution is 2.21. The van der Waals surface area contributed by atoms with Gasteiger partial charge in [0.05, 0.1) is 4.90 Å². The smallest absolute Gasteiger partial charge is 0.249 e. The van der Waals surface area contributed by atoms with E-state index in [1.165, 1.54) is 16.4 Å². The molecule has 1 aliphatic rings. The van der Waals surface area contributed by atoms with Gasteiger partial charge in [0.1, 0.15) is 0 Å². The van der Waals surface area contributed by atoms with Crippen molar-refractivity contribution in [1.29, 1.82) is 0 Å². The molecule has 22 heavy (non-hydrogen) atoms. The van der Waals surface area contributed by atoms with Crippen molar-refractivity contribution in [3.63, 3.8) is 0 Å². The molecule has 0 aromatic heterocycles. The van der Waals surface area contributed by atoms with Crippen LogP contribution < -0.4 is 5.73 Å². The molecule has 1 fully saturated rings. The van der Waals surface area contributed by atoms with Crippen LogP contribution in [0.25, 0.3) is 0 Å². The number of hydrogen-bond acceptors (Lipinski definition) is 4. The fourth-order valence-electron chi connectivity index (χ4n) is 2.64. The highest BCUT2D eigenvalue weighted by molar-refractivity contribution is 7.89. The minimum absolute atomic E-state index is 0.130. The van der Waals surface area contributed by atoms with Gasteiger partial charge in [-0.15, -0.1) is 0 Å². The summed E-state index contributed by atoms with van der Waals surface area (Å²) in [6, 6.07) is 4.94. The lowest BCUT2D eigenvalue weighted by atomic mass is 10.1. The molecular formula is C15H23N3O3S. The Hall–Kier alpha value is -1.44. The predicted octanol–water partition coefficient (Wildman–Crippen LogP) is 0.809. The van der Waals surface area contributed by atoms with Gasteiger partial charge in [-0.05, 0) is 38.5 Å². The second kappa shape index (κ2) is 6.36. The number of primary amides is 1. The Bertz CT molecular complexity index is 663. The van der Waals surface area contributed by atoms with Gasteiger partial charge in [-0.25, -0.2) is 8.42 Å². The van der Waals surface area contributed by atoms with Crippen molar-refractivity contribution in [2.45, 2.75) is 31.7 Å². The maximum absolute atomic E-state index is 12.7. The van der Waals surface area contributed by atoms with E-state index in [-0.39, 0.29) is 10.5 Å². The van der Waals surface area contributed by atoms with E-state index in [0.717, 1.165) is 0 Å². The first-order chi connectivity index (χ1) is 10.2. The molecule has 1 aromatic rings. The van der Waals surface area contributed by atoms with E-state index in [2.05, 4.69) is 18.7 Å². The van der Waals surface area contributed by atoms with E-state index in [1.807, 2.05) is 0 Å². The van der Waals surface area contributed by atoms with E-state index in [0.29, 0.717) is 37.8 Å². The number of amides is 1. The number of nitrogens with zero attached hydrogens (tertiary/aromatic N) is 2. The van der Waals surface area contributed by atoms with E-state index in [9.17, 15) is 13.2 Å². The van der Waals surface area contributed by atoms with Crippen LogP contribution >= 0.6 is 0 Å². The second-order valence-electron chi connectivity index (χ2n) is 5.87. The Kier molecular flexibility index (Phi) is 4.89. The maximum atomic E-state index is 12.7. The molecule has 6 nitrogen and oxygen atoms in total. The molecule has 1 aliphatic heterocycles. The SMILES string of the molecule is Cc1ccc(S(=O)(=O)N2CCN(C(C)C)CC2)cc1C(N)=O. The van der Waals surface area contributed by atoms with Crippen LogP contribution in [0.15, 0.2) is 23.1 Å². The zero-order chi connectivity index (χ0) is 16.5. The fraction of sp³-hybridized carbons (Fsp3) is 0.533. The van der Waals surface area contributed by atoms with Gasteiger partial charge >= 0.3 is 0 Å². The number of aryl methyl sites for hydroxylation is 1. The van der Waals surface area contributed by atoms with Gasteiger partial charge < -0.3 is 5.73 Å². The topological polar surface area (TPSA) is 83.7 Å². The van der Waals surface area contributed by atoms with Crippen LogP contribution in [0, 0.1) is 6.92 Å². The summed E-state index contributed by atoms with van der Waals surface area (Å²) in [6.07, 6.45) is 0. The van der Waals surface area contributed by atoms with Gasteiger partial charge in [-0.3, -0.25) is 9.69 Å². The van der Waals surface area contributed by atoms with Crippen molar-refractivity contribution in [1.82, 2.24) is 9.21 Å². The van der Waals surface area contributed by atoms with Crippen LogP contribution in [-0.4, -0.2) is 55.8 Å². The summed E-state index contributed by atoms with van der Waals surface area (Å²) < 4.78 is 26.9. The summed E-state index contributed by atoms with van der Waals surface area (Å²) >= 11 is 0. The fourth-order valence-corrected chi connectivity index (χ4v) is 4.09. The highest BCUT2D eigenvalue weighted by atomic mass is 32.2. The molecule has 2 rings (SSSR count). The molecule has 2 N–H and O–H groups in total. The minimum Gasteiger partial charge on any atom is -0.366 e. The Morgan fingerprint density at radius 1 is 1.18 bits per heavy atom. The first-order valence-corrected chi connectivity index (χ1v) is 8.82. The number of carbonyl (C=O) groups is 1. The molecule has 1 aromatic carbocycles. The molecule has 0 spiro atoms. The summed E-state index contributed by atoms with van der Waals surface area (Å²) in [5.74, 6) is -0.612. The zero-order valence-corrected chi connectivity index (χ0v) is 14.1. The molecule has 7 heteroatoms. The van der Waals surface area contributed by atoms with Crippen LogP contribution in [0.5, 0.6) is 0 Å². The molecular weight excluding hydrogens is 302 g/mol. The lowest BCUT2D eigenvalue weighted by molar-refractivity contribution is 0.0999. The summed E-state index contributed by atoms with van der Waals surface area (Å²) in [7, 11) is -3.59. The molecule has 1 saturated heterocycles. The third-order valence-corrected chi connectivity index (χ3v) is 6.01. The molecule has 0 bridgehead atoms. The van der Waals surface area contributed by atoms with Crippen molar-refractivity contribution in [2.75, 3.05) is 26.2 Å². The Morgan fingerprint density at radius 3 is 2.27 bits per heavy atom. The second-order valence-corrected chi connectivity index (χ2v) is 7.81. The normalized spacial score (nSPS) is 17.8. The Morgan fingerprint density at radius 2 is 1.77 bits per heavy atom. The van der Waals surface area contributed by atoms with Gasteiger partial charge in [-0.2, -0.15) is 4.31 Å². The number of piperazine rings is 1. The third kappa shape index (κ3) is 3.31. The highest BCUT2D eigenvalue weighted by Gasteiger charge is 2.29. The zero-order valence-electron chi connectivity index (χ0n) is 13.2. The van der Waals surface area contributed by atoms with E-state index < -0.39 is 15.9 Å². The average Bonchev–Trinajstić information content (AvgIpc) is 2.47. The lowest BCUT2D eigenvalue weighted by Crippen LogP contribution is -2.50. The van der Waals surface area contributed by atoms with Crippen LogP contribution in [0.4, 0.5) is 0 Å². The molecule has 0 atom stereocenters. The molecule has 0 radical (unpaired) electrons. The van der Waals surface area contributed by atoms with E-state index >= 15 is 0 Å². The summed E-state index contributed by atoms with van der Waals surface area (Å²) in [5, 5.41) is 0. The summed E-state index contributed by atoms with van der Waals surface area (Å²) in [6.45, 7) is 8.28. The first-order valence-electron chi connectivity index (χ1n) is 7.38. The van der Waals surface area contributed by atoms with Crippen molar-refractivity contribution < 1.29 is 13.2 Å². The Balaban J connectivity index is 2.25. The van der Waals surface area contributed by atoms with Crippen molar-refractivity contribution in [3.05, 3.63) is 29.3 Å². The van der Waals surface area contributed by atoms with Gasteiger partial charge in [0.15, 0.2) is 0 Å². The van der Waals surface area contributed by atoms with Crippen LogP contribution in [0.3, 0.4) is 0 Å². The molecule has 1 amide bonds. The first kappa shape index (κ1) is 16.9. The molecule has 122 valence electrons. The molecule has 0 unspecified atom stereocenters. The third-order valence-electron chi connectivity index (χ3n) is 4.12. The summed E-state index contributed by atoms with van der Waals surface area (Å²) in [5.41, 5.74) is 6.23. The maximum Gasteiger partial charge on any atom is 0.249 e. The van der Waals surface area contributed by atoms with Crippen molar-refractivity contribution in [2.24, 2.45) is 5.73 Å². The number of hydrogen-bond donors (Lipinski definition) is 1. The number of nitrogens with two attached hydrogens (primary N) is 1. The predicted molar refractivity (Wildman–Crippen MR) is 85.2 cm³/mol. The Labute approximate surface area is 131 Å².